The lowest BCUT2D eigenvalue weighted by Gasteiger charge is -2.14. The molecule has 6 heteroatoms. The van der Waals surface area contributed by atoms with Crippen molar-refractivity contribution in [2.75, 3.05) is 0 Å². The highest BCUT2D eigenvalue weighted by Crippen LogP contribution is 2.17. The first-order chi connectivity index (χ1) is 7.33. The summed E-state index contributed by atoms with van der Waals surface area (Å²) in [6, 6.07) is 1.69. The van der Waals surface area contributed by atoms with Gasteiger partial charge in [0, 0.05) is 25.6 Å². The Hall–Kier alpha value is -1.79. The minimum Gasteiger partial charge on any atom is -0.336 e. The summed E-state index contributed by atoms with van der Waals surface area (Å²) in [5.74, 6) is 6.35. The molecule has 0 aliphatic heterocycles. The summed E-state index contributed by atoms with van der Waals surface area (Å²) in [5.41, 5.74) is 3.64. The van der Waals surface area contributed by atoms with Crippen LogP contribution in [0.3, 0.4) is 0 Å². The SMILES string of the molecule is Cn1ccnc1C(NN)c1ccnnc1. The molecular formula is C9H12N6. The summed E-state index contributed by atoms with van der Waals surface area (Å²) in [4.78, 5) is 4.24. The molecule has 0 fully saturated rings. The molecule has 0 saturated heterocycles. The summed E-state index contributed by atoms with van der Waals surface area (Å²) in [6.07, 6.45) is 6.89. The first-order valence-electron chi connectivity index (χ1n) is 4.53. The molecule has 3 N–H and O–H groups in total. The van der Waals surface area contributed by atoms with Gasteiger partial charge in [0.1, 0.15) is 11.9 Å². The maximum atomic E-state index is 5.51. The Labute approximate surface area is 87.1 Å². The summed E-state index contributed by atoms with van der Waals surface area (Å²) in [5, 5.41) is 7.53. The van der Waals surface area contributed by atoms with E-state index in [0.717, 1.165) is 11.4 Å². The molecule has 78 valence electrons. The van der Waals surface area contributed by atoms with Crippen LogP contribution >= 0.6 is 0 Å². The van der Waals surface area contributed by atoms with Gasteiger partial charge in [-0.1, -0.05) is 0 Å². The van der Waals surface area contributed by atoms with Crippen LogP contribution in [0.1, 0.15) is 17.4 Å². The minimum atomic E-state index is -0.166. The Morgan fingerprint density at radius 1 is 1.40 bits per heavy atom. The lowest BCUT2D eigenvalue weighted by molar-refractivity contribution is 0.577. The van der Waals surface area contributed by atoms with Crippen LogP contribution in [-0.4, -0.2) is 19.7 Å². The van der Waals surface area contributed by atoms with Crippen molar-refractivity contribution >= 4 is 0 Å². The van der Waals surface area contributed by atoms with Gasteiger partial charge in [0.15, 0.2) is 0 Å². The molecule has 1 atom stereocenters. The average molecular weight is 204 g/mol. The van der Waals surface area contributed by atoms with Crippen LogP contribution in [0.15, 0.2) is 30.9 Å². The third-order valence-corrected chi connectivity index (χ3v) is 2.22. The summed E-state index contributed by atoms with van der Waals surface area (Å²) in [7, 11) is 1.92. The number of nitrogens with two attached hydrogens (primary N) is 1. The van der Waals surface area contributed by atoms with Gasteiger partial charge in [0.2, 0.25) is 0 Å². The van der Waals surface area contributed by atoms with Gasteiger partial charge in [-0.05, 0) is 11.6 Å². The molecule has 2 aromatic rings. The number of imidazole rings is 1. The Kier molecular flexibility index (Phi) is 2.70. The lowest BCUT2D eigenvalue weighted by Crippen LogP contribution is -2.30. The second-order valence-electron chi connectivity index (χ2n) is 3.17. The highest BCUT2D eigenvalue weighted by Gasteiger charge is 2.16. The molecular weight excluding hydrogens is 192 g/mol. The fraction of sp³-hybridized carbons (Fsp3) is 0.222. The normalized spacial score (nSPS) is 12.7. The number of aromatic nitrogens is 4. The van der Waals surface area contributed by atoms with Crippen LogP contribution in [-0.2, 0) is 7.05 Å². The van der Waals surface area contributed by atoms with Gasteiger partial charge in [-0.25, -0.2) is 10.4 Å². The van der Waals surface area contributed by atoms with Gasteiger partial charge in [-0.3, -0.25) is 5.84 Å². The molecule has 0 aliphatic carbocycles. The molecule has 1 unspecified atom stereocenters. The first-order valence-corrected chi connectivity index (χ1v) is 4.53. The molecule has 2 rings (SSSR count). The quantitative estimate of drug-likeness (QED) is 0.533. The van der Waals surface area contributed by atoms with E-state index < -0.39 is 0 Å². The van der Waals surface area contributed by atoms with Gasteiger partial charge >= 0.3 is 0 Å². The van der Waals surface area contributed by atoms with Crippen LogP contribution in [0, 0.1) is 0 Å². The molecule has 15 heavy (non-hydrogen) atoms. The van der Waals surface area contributed by atoms with Crippen molar-refractivity contribution < 1.29 is 0 Å². The second-order valence-corrected chi connectivity index (χ2v) is 3.17. The van der Waals surface area contributed by atoms with Crippen molar-refractivity contribution in [1.82, 2.24) is 25.2 Å². The molecule has 0 saturated carbocycles. The summed E-state index contributed by atoms with van der Waals surface area (Å²) >= 11 is 0. The lowest BCUT2D eigenvalue weighted by atomic mass is 10.1. The highest BCUT2D eigenvalue weighted by molar-refractivity contribution is 5.20. The van der Waals surface area contributed by atoms with Crippen LogP contribution in [0.2, 0.25) is 0 Å². The Balaban J connectivity index is 2.37. The Bertz CT molecular complexity index is 423. The van der Waals surface area contributed by atoms with Crippen molar-refractivity contribution in [3.63, 3.8) is 0 Å². The van der Waals surface area contributed by atoms with E-state index in [-0.39, 0.29) is 6.04 Å². The van der Waals surface area contributed by atoms with Gasteiger partial charge < -0.3 is 4.57 Å². The maximum absolute atomic E-state index is 5.51. The van der Waals surface area contributed by atoms with Gasteiger partial charge in [0.25, 0.3) is 0 Å². The van der Waals surface area contributed by atoms with Crippen LogP contribution in [0.5, 0.6) is 0 Å². The number of hydrazine groups is 1. The number of nitrogens with one attached hydrogen (secondary N) is 1. The van der Waals surface area contributed by atoms with E-state index in [9.17, 15) is 0 Å². The summed E-state index contributed by atoms with van der Waals surface area (Å²) < 4.78 is 1.91. The minimum absolute atomic E-state index is 0.166. The van der Waals surface area contributed by atoms with Crippen molar-refractivity contribution in [1.29, 1.82) is 0 Å². The Morgan fingerprint density at radius 3 is 2.80 bits per heavy atom. The average Bonchev–Trinajstić information content (AvgIpc) is 2.68. The molecule has 2 aromatic heterocycles. The predicted molar refractivity (Wildman–Crippen MR) is 54.4 cm³/mol. The van der Waals surface area contributed by atoms with Gasteiger partial charge in [-0.2, -0.15) is 10.2 Å². The second kappa shape index (κ2) is 4.16. The number of rotatable bonds is 3. The molecule has 0 aliphatic rings. The van der Waals surface area contributed by atoms with Crippen molar-refractivity contribution in [2.45, 2.75) is 6.04 Å². The van der Waals surface area contributed by atoms with E-state index in [1.807, 2.05) is 23.9 Å². The van der Waals surface area contributed by atoms with E-state index in [4.69, 9.17) is 5.84 Å². The zero-order chi connectivity index (χ0) is 10.7. The van der Waals surface area contributed by atoms with Gasteiger partial charge in [0.05, 0.1) is 6.20 Å². The zero-order valence-corrected chi connectivity index (χ0v) is 8.33. The van der Waals surface area contributed by atoms with E-state index in [2.05, 4.69) is 20.6 Å². The monoisotopic (exact) mass is 204 g/mol. The smallest absolute Gasteiger partial charge is 0.131 e. The van der Waals surface area contributed by atoms with Crippen molar-refractivity contribution in [3.05, 3.63) is 42.2 Å². The molecule has 0 bridgehead atoms. The fourth-order valence-electron chi connectivity index (χ4n) is 1.45. The largest absolute Gasteiger partial charge is 0.336 e. The van der Waals surface area contributed by atoms with Crippen LogP contribution < -0.4 is 11.3 Å². The predicted octanol–water partition coefficient (Wildman–Crippen LogP) is -0.237. The topological polar surface area (TPSA) is 81.7 Å². The third kappa shape index (κ3) is 1.85. The first kappa shape index (κ1) is 9.75. The highest BCUT2D eigenvalue weighted by atomic mass is 15.3. The number of hydrogen-bond acceptors (Lipinski definition) is 5. The molecule has 0 spiro atoms. The van der Waals surface area contributed by atoms with E-state index in [1.54, 1.807) is 18.6 Å². The zero-order valence-electron chi connectivity index (χ0n) is 8.33. The molecule has 0 amide bonds. The number of aryl methyl sites for hydroxylation is 1. The maximum Gasteiger partial charge on any atom is 0.131 e. The number of hydrogen-bond donors (Lipinski definition) is 2. The third-order valence-electron chi connectivity index (χ3n) is 2.22. The van der Waals surface area contributed by atoms with Crippen LogP contribution in [0.4, 0.5) is 0 Å². The standard InChI is InChI=1S/C9H12N6/c1-15-5-4-11-9(15)8(14-10)7-2-3-12-13-6-7/h2-6,8,14H,10H2,1H3. The van der Waals surface area contributed by atoms with Gasteiger partial charge in [-0.15, -0.1) is 0 Å². The summed E-state index contributed by atoms with van der Waals surface area (Å²) in [6.45, 7) is 0. The van der Waals surface area contributed by atoms with E-state index in [1.165, 1.54) is 0 Å². The van der Waals surface area contributed by atoms with E-state index >= 15 is 0 Å². The van der Waals surface area contributed by atoms with Crippen LogP contribution in [0.25, 0.3) is 0 Å². The number of nitrogens with zero attached hydrogens (tertiary/aromatic N) is 4. The van der Waals surface area contributed by atoms with E-state index in [0.29, 0.717) is 0 Å². The van der Waals surface area contributed by atoms with Crippen molar-refractivity contribution in [2.24, 2.45) is 12.9 Å². The van der Waals surface area contributed by atoms with Crippen molar-refractivity contribution in [3.8, 4) is 0 Å². The molecule has 2 heterocycles. The molecule has 0 aromatic carbocycles. The molecule has 6 nitrogen and oxygen atoms in total. The fourth-order valence-corrected chi connectivity index (χ4v) is 1.45. The molecule has 0 radical (unpaired) electrons. The Morgan fingerprint density at radius 2 is 2.27 bits per heavy atom.